The lowest BCUT2D eigenvalue weighted by Crippen LogP contribution is -2.44. The van der Waals surface area contributed by atoms with Gasteiger partial charge in [0.25, 0.3) is 5.91 Å². The van der Waals surface area contributed by atoms with E-state index in [-0.39, 0.29) is 11.9 Å². The highest BCUT2D eigenvalue weighted by molar-refractivity contribution is 9.11. The van der Waals surface area contributed by atoms with E-state index >= 15 is 0 Å². The van der Waals surface area contributed by atoms with Gasteiger partial charge in [-0.25, -0.2) is 0 Å². The molecule has 4 nitrogen and oxygen atoms in total. The van der Waals surface area contributed by atoms with Gasteiger partial charge in [0, 0.05) is 31.2 Å². The third kappa shape index (κ3) is 4.37. The number of nitrogens with zero attached hydrogens (tertiary/aromatic N) is 1. The van der Waals surface area contributed by atoms with E-state index < -0.39 is 0 Å². The van der Waals surface area contributed by atoms with E-state index in [4.69, 9.17) is 4.74 Å². The zero-order chi connectivity index (χ0) is 16.9. The summed E-state index contributed by atoms with van der Waals surface area (Å²) in [4.78, 5) is 15.4. The number of carbonyl (C=O) groups excluding carboxylic acids is 1. The van der Waals surface area contributed by atoms with E-state index in [1.54, 1.807) is 7.11 Å². The van der Waals surface area contributed by atoms with Gasteiger partial charge in [0.15, 0.2) is 0 Å². The average molecular weight is 409 g/mol. The number of hydrogen-bond donors (Lipinski definition) is 1. The van der Waals surface area contributed by atoms with Crippen LogP contribution in [-0.4, -0.2) is 37.0 Å². The van der Waals surface area contributed by atoms with Crippen LogP contribution in [-0.2, 0) is 6.54 Å². The average Bonchev–Trinajstić information content (AvgIpc) is 3.04. The van der Waals surface area contributed by atoms with Crippen LogP contribution in [0.2, 0.25) is 0 Å². The summed E-state index contributed by atoms with van der Waals surface area (Å²) < 4.78 is 6.41. The molecule has 1 N–H and O–H groups in total. The van der Waals surface area contributed by atoms with E-state index in [1.165, 1.54) is 16.9 Å². The predicted molar refractivity (Wildman–Crippen MR) is 101 cm³/mol. The highest BCUT2D eigenvalue weighted by Gasteiger charge is 2.22. The van der Waals surface area contributed by atoms with Crippen molar-refractivity contribution in [2.75, 3.05) is 20.2 Å². The Labute approximate surface area is 154 Å². The molecule has 0 atom stereocenters. The second-order valence-electron chi connectivity index (χ2n) is 5.94. The Bertz CT molecular complexity index is 696. The first-order valence-corrected chi connectivity index (χ1v) is 9.67. The number of piperidine rings is 1. The van der Waals surface area contributed by atoms with Crippen molar-refractivity contribution < 1.29 is 9.53 Å². The summed E-state index contributed by atoms with van der Waals surface area (Å²) in [6.45, 7) is 2.86. The maximum Gasteiger partial charge on any atom is 0.261 e. The van der Waals surface area contributed by atoms with Crippen molar-refractivity contribution in [3.05, 3.63) is 50.6 Å². The maximum atomic E-state index is 12.2. The topological polar surface area (TPSA) is 41.6 Å². The number of nitrogens with one attached hydrogen (secondary N) is 1. The van der Waals surface area contributed by atoms with Gasteiger partial charge in [-0.15, -0.1) is 11.3 Å². The predicted octanol–water partition coefficient (Wildman–Crippen LogP) is 3.91. The zero-order valence-corrected chi connectivity index (χ0v) is 16.0. The standard InChI is InChI=1S/C18H21BrN2O2S/c1-23-15-5-3-2-4-13(15)12-21-10-8-14(9-11-21)20-18(22)16-6-7-17(19)24-16/h2-7,14H,8-12H2,1H3,(H,20,22). The van der Waals surface area contributed by atoms with Crippen molar-refractivity contribution in [2.45, 2.75) is 25.4 Å². The minimum atomic E-state index is 0.0360. The smallest absolute Gasteiger partial charge is 0.261 e. The van der Waals surface area contributed by atoms with Gasteiger partial charge < -0.3 is 10.1 Å². The molecule has 128 valence electrons. The number of methoxy groups -OCH3 is 1. The highest BCUT2D eigenvalue weighted by atomic mass is 79.9. The van der Waals surface area contributed by atoms with E-state index in [1.807, 2.05) is 30.3 Å². The molecular weight excluding hydrogens is 388 g/mol. The Morgan fingerprint density at radius 1 is 1.29 bits per heavy atom. The molecule has 3 rings (SSSR count). The fourth-order valence-corrected chi connectivity index (χ4v) is 4.29. The Hall–Kier alpha value is -1.37. The summed E-state index contributed by atoms with van der Waals surface area (Å²) >= 11 is 4.87. The Morgan fingerprint density at radius 2 is 2.04 bits per heavy atom. The van der Waals surface area contributed by atoms with Crippen molar-refractivity contribution in [1.82, 2.24) is 10.2 Å². The number of hydrogen-bond acceptors (Lipinski definition) is 4. The molecule has 0 bridgehead atoms. The number of carbonyl (C=O) groups is 1. The molecule has 1 aromatic heterocycles. The normalized spacial score (nSPS) is 16.1. The molecule has 0 aliphatic carbocycles. The lowest BCUT2D eigenvalue weighted by Gasteiger charge is -2.32. The number of ether oxygens (including phenoxy) is 1. The van der Waals surface area contributed by atoms with Crippen LogP contribution in [0.4, 0.5) is 0 Å². The lowest BCUT2D eigenvalue weighted by molar-refractivity contribution is 0.0913. The number of amides is 1. The fraction of sp³-hybridized carbons (Fsp3) is 0.389. The van der Waals surface area contributed by atoms with Crippen LogP contribution < -0.4 is 10.1 Å². The molecule has 1 amide bonds. The van der Waals surface area contributed by atoms with E-state index in [2.05, 4.69) is 32.2 Å². The second-order valence-corrected chi connectivity index (χ2v) is 8.40. The number of benzene rings is 1. The van der Waals surface area contributed by atoms with Crippen LogP contribution >= 0.6 is 27.3 Å². The fourth-order valence-electron chi connectivity index (χ4n) is 3.00. The summed E-state index contributed by atoms with van der Waals surface area (Å²) in [7, 11) is 1.71. The number of thiophene rings is 1. The second kappa shape index (κ2) is 8.14. The van der Waals surface area contributed by atoms with Crippen molar-refractivity contribution in [3.63, 3.8) is 0 Å². The quantitative estimate of drug-likeness (QED) is 0.814. The Balaban J connectivity index is 1.50. The zero-order valence-electron chi connectivity index (χ0n) is 13.6. The molecule has 0 unspecified atom stereocenters. The van der Waals surface area contributed by atoms with Crippen LogP contribution in [0.3, 0.4) is 0 Å². The molecule has 0 radical (unpaired) electrons. The van der Waals surface area contributed by atoms with Crippen LogP contribution in [0, 0.1) is 0 Å². The van der Waals surface area contributed by atoms with Crippen LogP contribution in [0.1, 0.15) is 28.1 Å². The van der Waals surface area contributed by atoms with Gasteiger partial charge in [-0.1, -0.05) is 18.2 Å². The maximum absolute atomic E-state index is 12.2. The van der Waals surface area contributed by atoms with E-state index in [9.17, 15) is 4.79 Å². The molecular formula is C18H21BrN2O2S. The minimum Gasteiger partial charge on any atom is -0.496 e. The molecule has 1 aliphatic rings. The number of rotatable bonds is 5. The summed E-state index contributed by atoms with van der Waals surface area (Å²) in [5.74, 6) is 0.977. The van der Waals surface area contributed by atoms with Gasteiger partial charge in [-0.05, 0) is 47.0 Å². The molecule has 24 heavy (non-hydrogen) atoms. The van der Waals surface area contributed by atoms with Gasteiger partial charge in [-0.3, -0.25) is 9.69 Å². The third-order valence-electron chi connectivity index (χ3n) is 4.31. The summed E-state index contributed by atoms with van der Waals surface area (Å²) in [6, 6.07) is 12.2. The Morgan fingerprint density at radius 3 is 2.71 bits per heavy atom. The van der Waals surface area contributed by atoms with Gasteiger partial charge in [-0.2, -0.15) is 0 Å². The minimum absolute atomic E-state index is 0.0360. The molecule has 2 aromatic rings. The largest absolute Gasteiger partial charge is 0.496 e. The van der Waals surface area contributed by atoms with Crippen LogP contribution in [0.25, 0.3) is 0 Å². The summed E-state index contributed by atoms with van der Waals surface area (Å²) in [6.07, 6.45) is 1.96. The van der Waals surface area contributed by atoms with Crippen molar-refractivity contribution in [1.29, 1.82) is 0 Å². The van der Waals surface area contributed by atoms with E-state index in [0.717, 1.165) is 46.9 Å². The van der Waals surface area contributed by atoms with Crippen LogP contribution in [0.15, 0.2) is 40.2 Å². The molecule has 0 spiro atoms. The number of para-hydroxylation sites is 1. The molecule has 2 heterocycles. The van der Waals surface area contributed by atoms with Crippen molar-refractivity contribution in [2.24, 2.45) is 0 Å². The third-order valence-corrected chi connectivity index (χ3v) is 5.93. The molecule has 1 saturated heterocycles. The first-order chi connectivity index (χ1) is 11.7. The molecule has 1 fully saturated rings. The van der Waals surface area contributed by atoms with Crippen molar-refractivity contribution in [3.8, 4) is 5.75 Å². The molecule has 1 aliphatic heterocycles. The van der Waals surface area contributed by atoms with Gasteiger partial charge in [0.2, 0.25) is 0 Å². The molecule has 6 heteroatoms. The Kier molecular flexibility index (Phi) is 5.92. The van der Waals surface area contributed by atoms with Gasteiger partial charge >= 0.3 is 0 Å². The molecule has 0 saturated carbocycles. The summed E-state index contributed by atoms with van der Waals surface area (Å²) in [5, 5.41) is 3.15. The van der Waals surface area contributed by atoms with Crippen molar-refractivity contribution >= 4 is 33.2 Å². The van der Waals surface area contributed by atoms with Gasteiger partial charge in [0.1, 0.15) is 5.75 Å². The van der Waals surface area contributed by atoms with Crippen LogP contribution in [0.5, 0.6) is 5.75 Å². The highest BCUT2D eigenvalue weighted by Crippen LogP contribution is 2.23. The van der Waals surface area contributed by atoms with Gasteiger partial charge in [0.05, 0.1) is 15.8 Å². The number of halogens is 1. The monoisotopic (exact) mass is 408 g/mol. The van der Waals surface area contributed by atoms with E-state index in [0.29, 0.717) is 0 Å². The SMILES string of the molecule is COc1ccccc1CN1CCC(NC(=O)c2ccc(Br)s2)CC1. The summed E-state index contributed by atoms with van der Waals surface area (Å²) in [5.41, 5.74) is 1.21. The first kappa shape index (κ1) is 17.5. The molecule has 1 aromatic carbocycles. The number of likely N-dealkylation sites (tertiary alicyclic amines) is 1. The lowest BCUT2D eigenvalue weighted by atomic mass is 10.0. The first-order valence-electron chi connectivity index (χ1n) is 8.06.